The van der Waals surface area contributed by atoms with E-state index in [0.717, 1.165) is 44.4 Å². The van der Waals surface area contributed by atoms with Gasteiger partial charge in [-0.15, -0.1) is 11.3 Å². The molecule has 0 aliphatic heterocycles. The predicted octanol–water partition coefficient (Wildman–Crippen LogP) is 13.9. The molecule has 49 heavy (non-hydrogen) atoms. The van der Waals surface area contributed by atoms with Crippen molar-refractivity contribution in [1.29, 1.82) is 0 Å². The van der Waals surface area contributed by atoms with Gasteiger partial charge in [0.25, 0.3) is 0 Å². The summed E-state index contributed by atoms with van der Waals surface area (Å²) in [6.45, 7) is 0. The standard InChI is InChI=1S/C46H29NOS/c1-3-12-30(13-4-1)35-17-9-10-18-36(35)32-22-25-34(26-23-32)47(33-15-5-2-6-16-33)40-20-11-21-41-43(40)44-42(49-41)29-28-39-38-27-24-31-14-7-8-19-37(31)45(38)48-46(39)44/h1-29H. The summed E-state index contributed by atoms with van der Waals surface area (Å²) < 4.78 is 9.35. The summed E-state index contributed by atoms with van der Waals surface area (Å²) in [6, 6.07) is 63.0. The number of nitrogens with zero attached hydrogens (tertiary/aromatic N) is 1. The zero-order chi connectivity index (χ0) is 32.3. The number of thiophene rings is 1. The molecular weight excluding hydrogens is 615 g/mol. The molecular formula is C46H29NOS. The molecule has 0 fully saturated rings. The predicted molar refractivity (Wildman–Crippen MR) is 210 cm³/mol. The fourth-order valence-electron chi connectivity index (χ4n) is 7.43. The normalized spacial score (nSPS) is 11.7. The van der Waals surface area contributed by atoms with Crippen molar-refractivity contribution in [3.63, 3.8) is 0 Å². The van der Waals surface area contributed by atoms with Gasteiger partial charge in [-0.2, -0.15) is 0 Å². The molecule has 230 valence electrons. The molecule has 0 bridgehead atoms. The van der Waals surface area contributed by atoms with Crippen molar-refractivity contribution in [2.45, 2.75) is 0 Å². The second kappa shape index (κ2) is 11.2. The Morgan fingerprint density at radius 3 is 1.80 bits per heavy atom. The van der Waals surface area contributed by atoms with Crippen molar-refractivity contribution >= 4 is 81.3 Å². The molecule has 0 aliphatic rings. The molecule has 0 spiro atoms. The van der Waals surface area contributed by atoms with Crippen LogP contribution >= 0.6 is 11.3 Å². The Kier molecular flexibility index (Phi) is 6.39. The minimum atomic E-state index is 0.948. The first-order valence-electron chi connectivity index (χ1n) is 16.6. The third-order valence-electron chi connectivity index (χ3n) is 9.67. The molecule has 0 N–H and O–H groups in total. The Hall–Kier alpha value is -6.16. The fraction of sp³-hybridized carbons (Fsp3) is 0. The number of rotatable bonds is 5. The van der Waals surface area contributed by atoms with Crippen LogP contribution in [-0.4, -0.2) is 0 Å². The SMILES string of the molecule is c1ccc(-c2ccccc2-c2ccc(N(c3ccccc3)c3cccc4sc5ccc6c7ccc8ccccc8c7oc6c5c34)cc2)cc1. The first-order chi connectivity index (χ1) is 24.3. The summed E-state index contributed by atoms with van der Waals surface area (Å²) in [4.78, 5) is 2.39. The minimum Gasteiger partial charge on any atom is -0.455 e. The lowest BCUT2D eigenvalue weighted by molar-refractivity contribution is 0.677. The molecule has 0 radical (unpaired) electrons. The molecule has 2 heterocycles. The van der Waals surface area contributed by atoms with Crippen molar-refractivity contribution in [3.8, 4) is 22.3 Å². The number of hydrogen-bond donors (Lipinski definition) is 0. The first kappa shape index (κ1) is 27.9. The highest BCUT2D eigenvalue weighted by Crippen LogP contribution is 2.49. The van der Waals surface area contributed by atoms with Gasteiger partial charge in [0, 0.05) is 47.7 Å². The summed E-state index contributed by atoms with van der Waals surface area (Å²) >= 11 is 1.82. The maximum Gasteiger partial charge on any atom is 0.144 e. The zero-order valence-electron chi connectivity index (χ0n) is 26.5. The van der Waals surface area contributed by atoms with Crippen molar-refractivity contribution in [3.05, 3.63) is 176 Å². The third-order valence-corrected chi connectivity index (χ3v) is 10.8. The first-order valence-corrected chi connectivity index (χ1v) is 17.4. The molecule has 8 aromatic carbocycles. The topological polar surface area (TPSA) is 16.4 Å². The van der Waals surface area contributed by atoms with Crippen molar-refractivity contribution < 1.29 is 4.42 Å². The Bertz CT molecular complexity index is 2810. The smallest absolute Gasteiger partial charge is 0.144 e. The van der Waals surface area contributed by atoms with Crippen LogP contribution in [0.15, 0.2) is 180 Å². The number of benzene rings is 8. The Morgan fingerprint density at radius 1 is 0.388 bits per heavy atom. The monoisotopic (exact) mass is 643 g/mol. The van der Waals surface area contributed by atoms with Crippen molar-refractivity contribution in [2.75, 3.05) is 4.90 Å². The maximum absolute atomic E-state index is 6.89. The van der Waals surface area contributed by atoms with E-state index in [9.17, 15) is 0 Å². The summed E-state index contributed by atoms with van der Waals surface area (Å²) in [5, 5.41) is 7.01. The lowest BCUT2D eigenvalue weighted by Crippen LogP contribution is -2.10. The molecule has 0 atom stereocenters. The molecule has 2 aromatic heterocycles. The lowest BCUT2D eigenvalue weighted by Gasteiger charge is -2.26. The van der Waals surface area contributed by atoms with Gasteiger partial charge in [-0.1, -0.05) is 121 Å². The highest BCUT2D eigenvalue weighted by molar-refractivity contribution is 7.26. The molecule has 0 saturated heterocycles. The van der Waals surface area contributed by atoms with Gasteiger partial charge in [-0.05, 0) is 82.2 Å². The van der Waals surface area contributed by atoms with Crippen LogP contribution in [0.1, 0.15) is 0 Å². The van der Waals surface area contributed by atoms with E-state index in [1.54, 1.807) is 0 Å². The molecule has 0 amide bonds. The van der Waals surface area contributed by atoms with Gasteiger partial charge in [0.15, 0.2) is 0 Å². The average molecular weight is 644 g/mol. The van der Waals surface area contributed by atoms with Crippen LogP contribution in [0.5, 0.6) is 0 Å². The highest BCUT2D eigenvalue weighted by Gasteiger charge is 2.22. The second-order valence-electron chi connectivity index (χ2n) is 12.5. The molecule has 2 nitrogen and oxygen atoms in total. The maximum atomic E-state index is 6.89. The van der Waals surface area contributed by atoms with E-state index in [0.29, 0.717) is 0 Å². The molecule has 3 heteroatoms. The molecule has 10 aromatic rings. The lowest BCUT2D eigenvalue weighted by atomic mass is 9.94. The summed E-state index contributed by atoms with van der Waals surface area (Å²) in [7, 11) is 0. The summed E-state index contributed by atoms with van der Waals surface area (Å²) in [5.74, 6) is 0. The zero-order valence-corrected chi connectivity index (χ0v) is 27.3. The van der Waals surface area contributed by atoms with Crippen LogP contribution in [0, 0.1) is 0 Å². The van der Waals surface area contributed by atoms with Crippen LogP contribution < -0.4 is 4.90 Å². The molecule has 0 saturated carbocycles. The summed E-state index contributed by atoms with van der Waals surface area (Å²) in [5.41, 5.74) is 10.1. The second-order valence-corrected chi connectivity index (χ2v) is 13.5. The van der Waals surface area contributed by atoms with Crippen LogP contribution in [0.4, 0.5) is 17.1 Å². The van der Waals surface area contributed by atoms with Gasteiger partial charge in [0.05, 0.1) is 5.69 Å². The number of para-hydroxylation sites is 1. The van der Waals surface area contributed by atoms with Gasteiger partial charge >= 0.3 is 0 Å². The minimum absolute atomic E-state index is 0.948. The molecule has 0 unspecified atom stereocenters. The number of furan rings is 1. The largest absolute Gasteiger partial charge is 0.455 e. The highest BCUT2D eigenvalue weighted by atomic mass is 32.1. The molecule has 0 aliphatic carbocycles. The van der Waals surface area contributed by atoms with E-state index in [1.165, 1.54) is 47.8 Å². The van der Waals surface area contributed by atoms with Crippen LogP contribution in [0.2, 0.25) is 0 Å². The van der Waals surface area contributed by atoms with Gasteiger partial charge in [0.2, 0.25) is 0 Å². The van der Waals surface area contributed by atoms with E-state index in [2.05, 4.69) is 181 Å². The van der Waals surface area contributed by atoms with Crippen LogP contribution in [0.3, 0.4) is 0 Å². The molecule has 10 rings (SSSR count). The third kappa shape index (κ3) is 4.47. The van der Waals surface area contributed by atoms with Crippen molar-refractivity contribution in [2.24, 2.45) is 0 Å². The van der Waals surface area contributed by atoms with E-state index in [4.69, 9.17) is 4.42 Å². The summed E-state index contributed by atoms with van der Waals surface area (Å²) in [6.07, 6.45) is 0. The Morgan fingerprint density at radius 2 is 1.00 bits per heavy atom. The number of fused-ring (bicyclic) bond motifs is 9. The van der Waals surface area contributed by atoms with Gasteiger partial charge < -0.3 is 9.32 Å². The van der Waals surface area contributed by atoms with Crippen LogP contribution in [0.25, 0.3) is 75.1 Å². The Labute approximate surface area is 287 Å². The van der Waals surface area contributed by atoms with E-state index < -0.39 is 0 Å². The fourth-order valence-corrected chi connectivity index (χ4v) is 8.56. The van der Waals surface area contributed by atoms with Gasteiger partial charge in [0.1, 0.15) is 11.2 Å². The van der Waals surface area contributed by atoms with E-state index >= 15 is 0 Å². The van der Waals surface area contributed by atoms with Gasteiger partial charge in [-0.3, -0.25) is 0 Å². The number of anilines is 3. The van der Waals surface area contributed by atoms with Crippen LogP contribution in [-0.2, 0) is 0 Å². The van der Waals surface area contributed by atoms with Gasteiger partial charge in [-0.25, -0.2) is 0 Å². The van der Waals surface area contributed by atoms with Crippen molar-refractivity contribution in [1.82, 2.24) is 0 Å². The number of hydrogen-bond acceptors (Lipinski definition) is 3. The Balaban J connectivity index is 1.19. The van der Waals surface area contributed by atoms with E-state index in [-0.39, 0.29) is 0 Å². The quantitative estimate of drug-likeness (QED) is 0.186. The average Bonchev–Trinajstić information content (AvgIpc) is 3.75. The van der Waals surface area contributed by atoms with E-state index in [1.807, 2.05) is 11.3 Å².